The molecule has 10 atom stereocenters. The number of cyclic esters (lactones) is 4. The number of aliphatic imine (C=N–C) groups is 1. The van der Waals surface area contributed by atoms with Gasteiger partial charge in [-0.1, -0.05) is 19.4 Å². The number of amides is 7. The summed E-state index contributed by atoms with van der Waals surface area (Å²) in [5.74, 6) is -3.72. The third kappa shape index (κ3) is 33.5. The lowest BCUT2D eigenvalue weighted by molar-refractivity contribution is -0.156. The highest BCUT2D eigenvalue weighted by molar-refractivity contribution is 6.01. The fourth-order valence-electron chi connectivity index (χ4n) is 10.1. The maximum atomic E-state index is 13.8. The van der Waals surface area contributed by atoms with E-state index in [9.17, 15) is 52.7 Å². The number of rotatable bonds is 40. The third-order valence-electron chi connectivity index (χ3n) is 14.5. The quantitative estimate of drug-likeness (QED) is 0.0116. The number of ether oxygens (including phenoxy) is 17. The molecule has 0 unspecified atom stereocenters. The van der Waals surface area contributed by atoms with E-state index < -0.39 is 157 Å². The fourth-order valence-corrected chi connectivity index (χ4v) is 10.1. The Morgan fingerprint density at radius 3 is 1.50 bits per heavy atom. The van der Waals surface area contributed by atoms with Crippen LogP contribution in [0.3, 0.4) is 0 Å². The number of methoxy groups -OCH3 is 2. The van der Waals surface area contributed by atoms with Crippen LogP contribution in [0.4, 0.5) is 24.0 Å². The molecule has 4 aliphatic heterocycles. The summed E-state index contributed by atoms with van der Waals surface area (Å²) < 4.78 is 93.3. The van der Waals surface area contributed by atoms with E-state index in [0.29, 0.717) is 52.1 Å². The summed E-state index contributed by atoms with van der Waals surface area (Å²) in [6.07, 6.45) is -3.48. The van der Waals surface area contributed by atoms with Gasteiger partial charge in [0.05, 0.1) is 85.0 Å². The van der Waals surface area contributed by atoms with Crippen LogP contribution in [0, 0.1) is 18.3 Å². The van der Waals surface area contributed by atoms with Crippen molar-refractivity contribution in [2.24, 2.45) is 10.9 Å². The van der Waals surface area contributed by atoms with Crippen LogP contribution >= 0.6 is 0 Å². The molecule has 2 fully saturated rings. The van der Waals surface area contributed by atoms with E-state index in [1.165, 1.54) is 19.1 Å². The van der Waals surface area contributed by atoms with E-state index in [4.69, 9.17) is 87.0 Å². The number of carbonyl (C=O) groups is 11. The number of hydrogen-bond acceptors (Lipinski definition) is 30. The minimum Gasteiger partial charge on any atom is -0.480 e. The number of alkyl carbamates (subject to hydrolysis) is 3. The zero-order valence-corrected chi connectivity index (χ0v) is 61.4. The Labute approximate surface area is 604 Å². The Bertz CT molecular complexity index is 3010. The molecule has 37 heteroatoms. The number of nitrogens with one attached hydrogen (secondary N) is 7. The Morgan fingerprint density at radius 1 is 0.615 bits per heavy atom. The molecule has 4 aliphatic rings. The molecule has 0 aliphatic carbocycles. The molecule has 0 aromatic rings. The van der Waals surface area contributed by atoms with Crippen molar-refractivity contribution in [3.05, 3.63) is 36.1 Å². The number of esters is 2. The van der Waals surface area contributed by atoms with E-state index in [2.05, 4.69) is 54.7 Å². The molecule has 4 heterocycles. The zero-order chi connectivity index (χ0) is 77.2. The maximum Gasteiger partial charge on any atom is 0.508 e. The summed E-state index contributed by atoms with van der Waals surface area (Å²) in [5.41, 5.74) is -2.80. The van der Waals surface area contributed by atoms with Crippen molar-refractivity contribution in [1.82, 2.24) is 42.1 Å². The minimum atomic E-state index is -1.41. The van der Waals surface area contributed by atoms with Crippen molar-refractivity contribution in [1.29, 1.82) is 0 Å². The van der Waals surface area contributed by atoms with Crippen molar-refractivity contribution >= 4 is 72.1 Å². The van der Waals surface area contributed by atoms with Gasteiger partial charge in [-0.2, -0.15) is 0 Å². The van der Waals surface area contributed by atoms with E-state index in [1.807, 2.05) is 0 Å². The molecule has 7 amide bonds. The van der Waals surface area contributed by atoms with Gasteiger partial charge in [-0.15, -0.1) is 6.42 Å². The van der Waals surface area contributed by atoms with Gasteiger partial charge >= 0.3 is 42.5 Å². The lowest BCUT2D eigenvalue weighted by Gasteiger charge is -2.41. The Kier molecular flexibility index (Phi) is 36.7. The summed E-state index contributed by atoms with van der Waals surface area (Å²) in [4.78, 5) is 149. The lowest BCUT2D eigenvalue weighted by atomic mass is 9.87. The largest absolute Gasteiger partial charge is 0.508 e. The first-order valence-corrected chi connectivity index (χ1v) is 33.8. The minimum absolute atomic E-state index is 0.00727. The highest BCUT2D eigenvalue weighted by Crippen LogP contribution is 2.34. The highest BCUT2D eigenvalue weighted by Gasteiger charge is 2.50. The summed E-state index contributed by atoms with van der Waals surface area (Å²) in [6, 6.07) is -3.38. The van der Waals surface area contributed by atoms with Gasteiger partial charge in [-0.3, -0.25) is 35.1 Å². The summed E-state index contributed by atoms with van der Waals surface area (Å²) in [6.45, 7) is 22.1. The average molecular weight is 1480 g/mol. The second kappa shape index (κ2) is 43.8. The van der Waals surface area contributed by atoms with Gasteiger partial charge in [0.15, 0.2) is 18.3 Å². The van der Waals surface area contributed by atoms with Crippen LogP contribution < -0.4 is 37.2 Å². The number of hydrogen-bond donors (Lipinski definition) is 7. The van der Waals surface area contributed by atoms with Gasteiger partial charge < -0.3 is 107 Å². The first-order chi connectivity index (χ1) is 49.1. The molecular weight excluding hydrogens is 1380 g/mol. The second-order valence-corrected chi connectivity index (χ2v) is 26.6. The molecule has 2 saturated heterocycles. The van der Waals surface area contributed by atoms with Crippen molar-refractivity contribution < 1.29 is 133 Å². The van der Waals surface area contributed by atoms with Gasteiger partial charge in [0, 0.05) is 39.0 Å². The van der Waals surface area contributed by atoms with Gasteiger partial charge in [-0.05, 0) is 100 Å². The molecule has 0 spiro atoms. The van der Waals surface area contributed by atoms with Crippen LogP contribution in [0.5, 0.6) is 0 Å². The molecule has 37 nitrogen and oxygen atoms in total. The molecule has 7 N–H and O–H groups in total. The molecular formula is C67H103N9O28. The first-order valence-electron chi connectivity index (χ1n) is 33.8. The number of nitrogens with zero attached hydrogens (tertiary/aromatic N) is 2. The Hall–Kier alpha value is -9.22. The van der Waals surface area contributed by atoms with E-state index >= 15 is 0 Å². The molecule has 584 valence electrons. The maximum absolute atomic E-state index is 13.8. The summed E-state index contributed by atoms with van der Waals surface area (Å²) in [7, 11) is 2.20. The molecule has 0 bridgehead atoms. The van der Waals surface area contributed by atoms with Crippen LogP contribution in [0.25, 0.3) is 0 Å². The van der Waals surface area contributed by atoms with Crippen molar-refractivity contribution in [3.63, 3.8) is 0 Å². The fraction of sp³-hybridized carbons (Fsp3) is 0.701. The van der Waals surface area contributed by atoms with Crippen LogP contribution in [0.15, 0.2) is 41.1 Å². The molecule has 104 heavy (non-hydrogen) atoms. The lowest BCUT2D eigenvalue weighted by Crippen LogP contribution is -2.64. The van der Waals surface area contributed by atoms with Crippen LogP contribution in [0.1, 0.15) is 108 Å². The van der Waals surface area contributed by atoms with Gasteiger partial charge in [0.2, 0.25) is 41.1 Å². The van der Waals surface area contributed by atoms with Gasteiger partial charge in [0.25, 0.3) is 0 Å². The number of guanidine groups is 1. The topological polar surface area (TPSA) is 444 Å². The molecule has 0 aromatic heterocycles. The number of terminal acetylenes is 1. The summed E-state index contributed by atoms with van der Waals surface area (Å²) >= 11 is 0. The van der Waals surface area contributed by atoms with Crippen molar-refractivity contribution in [2.75, 3.05) is 120 Å². The predicted molar refractivity (Wildman–Crippen MR) is 362 cm³/mol. The third-order valence-corrected chi connectivity index (χ3v) is 14.5. The predicted octanol–water partition coefficient (Wildman–Crippen LogP) is 2.32. The van der Waals surface area contributed by atoms with Crippen LogP contribution in [-0.2, 0) is 109 Å². The van der Waals surface area contributed by atoms with Gasteiger partial charge in [-0.25, -0.2) is 38.6 Å². The number of carbonyl (C=O) groups excluding carboxylic acids is 11. The van der Waals surface area contributed by atoms with E-state index in [-0.39, 0.29) is 95.5 Å². The number of unbranched alkanes of at least 4 members (excludes halogenated alkanes) is 2. The zero-order valence-electron chi connectivity index (χ0n) is 61.4. The standard InChI is InChI=1S/C67H103N9O28/c1-16-26-90-28-30-92-32-33-93-31-29-91-27-21-51(80)76(25-20-18-23-69-50(79)39-95-55(48-37-97-64(87)101-48)56-52(72-42(4)77)44(35-46(99-56)58(82)89-15)70-41(3)71-60(83)102-65(5,6)7)24-19-17-22-68-49(78)38-94-54(47-36-96-63(86)100-47)53-40(2)43(34-45(98-53)57(81)88-14)73-59(74-61(84)103-66(8,9)10)75-62(85)104-67(11,12)13/h1,34-35,40,43-44,47-48,52-56,70H,3,17-33,36-39H2,2,4-15H3,(H,68,78)(H,69,79)(H,71,83)(H,72,77)(H2,73,74,75,84,85)/t40-,43+,44+,47-,48-,52-,53-,54-,55-,56-/m1/s1. The van der Waals surface area contributed by atoms with Crippen molar-refractivity contribution in [3.8, 4) is 12.3 Å². The van der Waals surface area contributed by atoms with Crippen LogP contribution in [-0.4, -0.2) is 268 Å². The van der Waals surface area contributed by atoms with Crippen molar-refractivity contribution in [2.45, 2.75) is 180 Å². The molecule has 0 radical (unpaired) electrons. The molecule has 0 saturated carbocycles. The van der Waals surface area contributed by atoms with E-state index in [1.54, 1.807) is 74.1 Å². The second-order valence-electron chi connectivity index (χ2n) is 26.6. The normalized spacial score (nSPS) is 20.4. The summed E-state index contributed by atoms with van der Waals surface area (Å²) in [5, 5.41) is 18.5. The monoisotopic (exact) mass is 1480 g/mol. The Balaban J connectivity index is 1.42. The first kappa shape index (κ1) is 87.2. The molecule has 4 rings (SSSR count). The van der Waals surface area contributed by atoms with E-state index in [0.717, 1.165) is 14.2 Å². The Morgan fingerprint density at radius 2 is 1.06 bits per heavy atom. The van der Waals surface area contributed by atoms with Gasteiger partial charge in [0.1, 0.15) is 74.0 Å². The van der Waals surface area contributed by atoms with Crippen LogP contribution in [0.2, 0.25) is 0 Å². The highest BCUT2D eigenvalue weighted by atomic mass is 16.8. The molecule has 0 aromatic carbocycles. The smallest absolute Gasteiger partial charge is 0.480 e. The SMILES string of the molecule is C#CCOCCOCCOCCOCCC(=O)N(CCCCNC(=O)CO[C@@H]([C@@H]1OC(C(=O)OC)=C[C@H](N=C(NC(=O)OC(C)(C)C)NC(=O)OC(C)(C)C)[C@H]1C)[C@H]1COC(=O)O1)CCCCNC(=O)CO[C@@H]([C@@H]1OC(C(=O)OC)=C[C@H](NC(=C)NC(=O)OC(C)(C)C)[C@H]1NC(C)=O)[C@H]1COC(=O)O1. The average Bonchev–Trinajstić information content (AvgIpc) is 0.979.